The molecule has 0 atom stereocenters. The highest BCUT2D eigenvalue weighted by Gasteiger charge is 2.35. The molecule has 0 bridgehead atoms. The van der Waals surface area contributed by atoms with Gasteiger partial charge in [0.05, 0.1) is 18.0 Å². The number of aromatic hydroxyl groups is 1. The van der Waals surface area contributed by atoms with Crippen molar-refractivity contribution in [3.8, 4) is 5.75 Å². The van der Waals surface area contributed by atoms with E-state index in [0.717, 1.165) is 11.1 Å². The average Bonchev–Trinajstić information content (AvgIpc) is 3.13. The van der Waals surface area contributed by atoms with Crippen molar-refractivity contribution in [2.75, 3.05) is 25.5 Å². The molecule has 2 aromatic rings. The quantitative estimate of drug-likeness (QED) is 0.518. The molecule has 166 valence electrons. The first-order chi connectivity index (χ1) is 14.5. The number of furan rings is 1. The van der Waals surface area contributed by atoms with Gasteiger partial charge in [-0.15, -0.1) is 0 Å². The minimum atomic E-state index is -0.244. The minimum Gasteiger partial charge on any atom is -0.506 e. The fourth-order valence-corrected chi connectivity index (χ4v) is 3.85. The number of likely N-dealkylation sites (N-methyl/N-ethyl adjacent to an activating group) is 1. The molecule has 1 saturated heterocycles. The molecule has 1 aromatic heterocycles. The fraction of sp³-hybridized carbons (Fsp3) is 0.391. The second-order valence-corrected chi connectivity index (χ2v) is 9.20. The molecule has 7 nitrogen and oxygen atoms in total. The van der Waals surface area contributed by atoms with Crippen LogP contribution in [-0.2, 0) is 16.8 Å². The number of amides is 2. The normalized spacial score (nSPS) is 14.2. The lowest BCUT2D eigenvalue weighted by Gasteiger charge is -2.43. The molecule has 1 fully saturated rings. The molecule has 1 aliphatic heterocycles. The number of hydrogen-bond acceptors (Lipinski definition) is 5. The van der Waals surface area contributed by atoms with Crippen LogP contribution >= 0.6 is 11.6 Å². The van der Waals surface area contributed by atoms with Crippen molar-refractivity contribution in [3.63, 3.8) is 0 Å². The van der Waals surface area contributed by atoms with Crippen molar-refractivity contribution in [1.82, 2.24) is 9.80 Å². The number of carbonyl (C=O) groups is 2. The SMILES string of the molecule is C=CC(=O)N1CC(N(C)C(=O)c2cc(CNc3cc(C(C)(C)C)c(Cl)cc3O)co2)C1. The zero-order chi connectivity index (χ0) is 22.9. The van der Waals surface area contributed by atoms with Crippen LogP contribution in [0.3, 0.4) is 0 Å². The zero-order valence-electron chi connectivity index (χ0n) is 18.2. The van der Waals surface area contributed by atoms with Crippen molar-refractivity contribution >= 4 is 29.1 Å². The van der Waals surface area contributed by atoms with E-state index < -0.39 is 0 Å². The molecular formula is C23H28ClN3O4. The Morgan fingerprint density at radius 3 is 2.65 bits per heavy atom. The summed E-state index contributed by atoms with van der Waals surface area (Å²) in [5.74, 6) is -0.0977. The number of rotatable bonds is 6. The van der Waals surface area contributed by atoms with E-state index in [0.29, 0.717) is 30.3 Å². The summed E-state index contributed by atoms with van der Waals surface area (Å²) in [5.41, 5.74) is 2.07. The highest BCUT2D eigenvalue weighted by Crippen LogP contribution is 2.37. The maximum Gasteiger partial charge on any atom is 0.289 e. The Morgan fingerprint density at radius 1 is 1.35 bits per heavy atom. The average molecular weight is 446 g/mol. The van der Waals surface area contributed by atoms with Gasteiger partial charge in [0.25, 0.3) is 5.91 Å². The van der Waals surface area contributed by atoms with E-state index in [1.165, 1.54) is 18.4 Å². The summed E-state index contributed by atoms with van der Waals surface area (Å²) in [6.07, 6.45) is 2.78. The molecule has 1 aromatic carbocycles. The van der Waals surface area contributed by atoms with Crippen LogP contribution in [0, 0.1) is 0 Å². The van der Waals surface area contributed by atoms with Gasteiger partial charge in [0.2, 0.25) is 5.91 Å². The first-order valence-corrected chi connectivity index (χ1v) is 10.4. The van der Waals surface area contributed by atoms with Crippen molar-refractivity contribution in [2.45, 2.75) is 38.8 Å². The summed E-state index contributed by atoms with van der Waals surface area (Å²) >= 11 is 6.28. The summed E-state index contributed by atoms with van der Waals surface area (Å²) < 4.78 is 5.47. The van der Waals surface area contributed by atoms with Crippen LogP contribution in [0.2, 0.25) is 5.02 Å². The molecule has 0 unspecified atom stereocenters. The minimum absolute atomic E-state index is 0.0510. The summed E-state index contributed by atoms with van der Waals surface area (Å²) in [6, 6.07) is 4.99. The summed E-state index contributed by atoms with van der Waals surface area (Å²) in [4.78, 5) is 27.5. The molecule has 8 heteroatoms. The highest BCUT2D eigenvalue weighted by atomic mass is 35.5. The Hall–Kier alpha value is -2.93. The predicted octanol–water partition coefficient (Wildman–Crippen LogP) is 4.02. The Morgan fingerprint density at radius 2 is 2.03 bits per heavy atom. The monoisotopic (exact) mass is 445 g/mol. The molecule has 31 heavy (non-hydrogen) atoms. The number of phenols is 1. The van der Waals surface area contributed by atoms with Crippen LogP contribution < -0.4 is 5.32 Å². The number of hydrogen-bond donors (Lipinski definition) is 2. The summed E-state index contributed by atoms with van der Waals surface area (Å²) in [5, 5.41) is 13.9. The van der Waals surface area contributed by atoms with E-state index in [9.17, 15) is 14.7 Å². The van der Waals surface area contributed by atoms with Gasteiger partial charge in [0, 0.05) is 43.3 Å². The van der Waals surface area contributed by atoms with Gasteiger partial charge < -0.3 is 24.6 Å². The molecular weight excluding hydrogens is 418 g/mol. The van der Waals surface area contributed by atoms with E-state index in [4.69, 9.17) is 16.0 Å². The van der Waals surface area contributed by atoms with Crippen molar-refractivity contribution in [1.29, 1.82) is 0 Å². The number of phenolic OH excluding ortho intramolecular Hbond substituents is 1. The fourth-order valence-electron chi connectivity index (χ4n) is 3.41. The van der Waals surface area contributed by atoms with E-state index >= 15 is 0 Å². The van der Waals surface area contributed by atoms with E-state index in [-0.39, 0.29) is 34.8 Å². The Bertz CT molecular complexity index is 1000. The van der Waals surface area contributed by atoms with E-state index in [1.807, 2.05) is 26.8 Å². The largest absolute Gasteiger partial charge is 0.506 e. The molecule has 0 aliphatic carbocycles. The van der Waals surface area contributed by atoms with Gasteiger partial charge in [-0.25, -0.2) is 0 Å². The van der Waals surface area contributed by atoms with Crippen LogP contribution in [-0.4, -0.2) is 52.9 Å². The number of nitrogens with zero attached hydrogens (tertiary/aromatic N) is 2. The van der Waals surface area contributed by atoms with Gasteiger partial charge in [-0.3, -0.25) is 9.59 Å². The van der Waals surface area contributed by atoms with Crippen LogP contribution in [0.25, 0.3) is 0 Å². The number of carbonyl (C=O) groups excluding carboxylic acids is 2. The van der Waals surface area contributed by atoms with Crippen molar-refractivity contribution in [2.24, 2.45) is 0 Å². The van der Waals surface area contributed by atoms with Crippen molar-refractivity contribution < 1.29 is 19.1 Å². The second kappa shape index (κ2) is 8.67. The number of nitrogens with one attached hydrogen (secondary N) is 1. The van der Waals surface area contributed by atoms with Crippen LogP contribution in [0.4, 0.5) is 5.69 Å². The zero-order valence-corrected chi connectivity index (χ0v) is 19.0. The van der Waals surface area contributed by atoms with Gasteiger partial charge in [-0.1, -0.05) is 39.0 Å². The molecule has 3 rings (SSSR count). The van der Waals surface area contributed by atoms with Gasteiger partial charge in [0.1, 0.15) is 5.75 Å². The number of anilines is 1. The lowest BCUT2D eigenvalue weighted by Crippen LogP contribution is -2.60. The number of halogens is 1. The highest BCUT2D eigenvalue weighted by molar-refractivity contribution is 6.31. The first-order valence-electron chi connectivity index (χ1n) is 10.0. The molecule has 2 N–H and O–H groups in total. The summed E-state index contributed by atoms with van der Waals surface area (Å²) in [7, 11) is 1.70. The van der Waals surface area contributed by atoms with E-state index in [2.05, 4.69) is 11.9 Å². The molecule has 2 heterocycles. The van der Waals surface area contributed by atoms with E-state index in [1.54, 1.807) is 22.9 Å². The standard InChI is InChI=1S/C23H28ClN3O4/c1-6-21(29)27-11-15(12-27)26(5)22(30)20-7-14(13-31-20)10-25-18-8-16(23(2,3)4)17(24)9-19(18)28/h6-9,13,15,25,28H,1,10-12H2,2-5H3. The molecule has 1 aliphatic rings. The predicted molar refractivity (Wildman–Crippen MR) is 121 cm³/mol. The lowest BCUT2D eigenvalue weighted by molar-refractivity contribution is -0.132. The number of likely N-dealkylation sites (tertiary alicyclic amines) is 1. The Balaban J connectivity index is 1.62. The third kappa shape index (κ3) is 4.88. The summed E-state index contributed by atoms with van der Waals surface area (Å²) in [6.45, 7) is 10.9. The third-order valence-electron chi connectivity index (χ3n) is 5.46. The molecule has 2 amide bonds. The van der Waals surface area contributed by atoms with Gasteiger partial charge in [0.15, 0.2) is 5.76 Å². The number of benzene rings is 1. The maximum absolute atomic E-state index is 12.7. The third-order valence-corrected chi connectivity index (χ3v) is 5.77. The molecule has 0 saturated carbocycles. The topological polar surface area (TPSA) is 86.0 Å². The Kier molecular flexibility index (Phi) is 6.36. The van der Waals surface area contributed by atoms with Crippen LogP contribution in [0.1, 0.15) is 42.5 Å². The Labute approximate surface area is 187 Å². The smallest absolute Gasteiger partial charge is 0.289 e. The van der Waals surface area contributed by atoms with Gasteiger partial charge >= 0.3 is 0 Å². The molecule has 0 spiro atoms. The molecule has 0 radical (unpaired) electrons. The van der Waals surface area contributed by atoms with Gasteiger partial charge in [-0.2, -0.15) is 0 Å². The second-order valence-electron chi connectivity index (χ2n) is 8.79. The van der Waals surface area contributed by atoms with Crippen molar-refractivity contribution in [3.05, 3.63) is 59.0 Å². The van der Waals surface area contributed by atoms with Gasteiger partial charge in [-0.05, 0) is 29.2 Å². The first kappa shape index (κ1) is 22.7. The lowest BCUT2D eigenvalue weighted by atomic mass is 9.86. The van der Waals surface area contributed by atoms with Crippen LogP contribution in [0.5, 0.6) is 5.75 Å². The van der Waals surface area contributed by atoms with Crippen LogP contribution in [0.15, 0.2) is 41.5 Å². The maximum atomic E-state index is 12.7.